The zero-order valence-electron chi connectivity index (χ0n) is 12.2. The highest BCUT2D eigenvalue weighted by Gasteiger charge is 2.29. The summed E-state index contributed by atoms with van der Waals surface area (Å²) in [6.45, 7) is 8.57. The van der Waals surface area contributed by atoms with Crippen LogP contribution in [0.3, 0.4) is 0 Å². The zero-order chi connectivity index (χ0) is 14.5. The van der Waals surface area contributed by atoms with Gasteiger partial charge < -0.3 is 9.64 Å². The fraction of sp³-hybridized carbons (Fsp3) is 1.00. The van der Waals surface area contributed by atoms with Crippen molar-refractivity contribution in [1.29, 1.82) is 0 Å². The van der Waals surface area contributed by atoms with Gasteiger partial charge in [0.2, 0.25) is 0 Å². The quantitative estimate of drug-likeness (QED) is 0.684. The fourth-order valence-electron chi connectivity index (χ4n) is 2.07. The number of ether oxygens (including phenoxy) is 1. The number of alkyl halides is 1. The fourth-order valence-corrected chi connectivity index (χ4v) is 3.36. The van der Waals surface area contributed by atoms with E-state index in [0.717, 1.165) is 37.9 Å². The van der Waals surface area contributed by atoms with Gasteiger partial charge in [-0.05, 0) is 33.6 Å². The van der Waals surface area contributed by atoms with Crippen LogP contribution in [-0.2, 0) is 14.6 Å². The highest BCUT2D eigenvalue weighted by atomic mass is 79.9. The van der Waals surface area contributed by atoms with E-state index in [0.29, 0.717) is 12.6 Å². The number of likely N-dealkylation sites (tertiary alicyclic amines) is 1. The number of halogens is 1. The summed E-state index contributed by atoms with van der Waals surface area (Å²) < 4.78 is 29.1. The van der Waals surface area contributed by atoms with E-state index in [2.05, 4.69) is 20.8 Å². The summed E-state index contributed by atoms with van der Waals surface area (Å²) in [4.78, 5) is 2.23. The lowest BCUT2D eigenvalue weighted by atomic mass is 10.1. The molecule has 1 saturated heterocycles. The number of rotatable bonds is 6. The molecule has 0 aromatic heterocycles. The maximum absolute atomic E-state index is 12.0. The molecule has 19 heavy (non-hydrogen) atoms. The lowest BCUT2D eigenvalue weighted by Gasteiger charge is -2.32. The molecule has 0 bridgehead atoms. The van der Waals surface area contributed by atoms with Gasteiger partial charge in [-0.15, -0.1) is 0 Å². The van der Waals surface area contributed by atoms with Crippen LogP contribution in [0.2, 0.25) is 0 Å². The Morgan fingerprint density at radius 1 is 1.26 bits per heavy atom. The van der Waals surface area contributed by atoms with Gasteiger partial charge >= 0.3 is 0 Å². The predicted octanol–water partition coefficient (Wildman–Crippen LogP) is 2.08. The van der Waals surface area contributed by atoms with Crippen molar-refractivity contribution >= 4 is 25.8 Å². The molecule has 0 saturated carbocycles. The molecule has 0 aromatic carbocycles. The Morgan fingerprint density at radius 3 is 2.32 bits per heavy atom. The van der Waals surface area contributed by atoms with Gasteiger partial charge in [-0.2, -0.15) is 0 Å². The van der Waals surface area contributed by atoms with Gasteiger partial charge in [-0.25, -0.2) is 8.42 Å². The molecule has 4 nitrogen and oxygen atoms in total. The number of sulfone groups is 1. The molecule has 1 aliphatic rings. The molecule has 1 fully saturated rings. The predicted molar refractivity (Wildman–Crippen MR) is 82.7 cm³/mol. The summed E-state index contributed by atoms with van der Waals surface area (Å²) in [6.07, 6.45) is 2.35. The Kier molecular flexibility index (Phi) is 6.76. The minimum Gasteiger partial charge on any atom is -0.377 e. The van der Waals surface area contributed by atoms with Crippen molar-refractivity contribution in [3.8, 4) is 0 Å². The number of piperidine rings is 1. The second kappa shape index (κ2) is 7.38. The average molecular weight is 356 g/mol. The monoisotopic (exact) mass is 355 g/mol. The maximum atomic E-state index is 12.0. The van der Waals surface area contributed by atoms with Crippen molar-refractivity contribution in [2.45, 2.75) is 44.5 Å². The molecule has 0 radical (unpaired) electrons. The van der Waals surface area contributed by atoms with E-state index in [-0.39, 0.29) is 5.75 Å². The Hall–Kier alpha value is 0.350. The topological polar surface area (TPSA) is 46.6 Å². The van der Waals surface area contributed by atoms with Crippen LogP contribution in [0.1, 0.15) is 33.6 Å². The van der Waals surface area contributed by atoms with Crippen molar-refractivity contribution in [2.24, 2.45) is 0 Å². The van der Waals surface area contributed by atoms with E-state index in [1.54, 1.807) is 20.8 Å². The SMILES string of the molecule is CC(C)(C)S(=O)(=O)CCN1CCC(OCCBr)CC1. The third-order valence-electron chi connectivity index (χ3n) is 3.57. The second-order valence-electron chi connectivity index (χ2n) is 6.03. The van der Waals surface area contributed by atoms with E-state index in [4.69, 9.17) is 4.74 Å². The van der Waals surface area contributed by atoms with Crippen molar-refractivity contribution in [3.63, 3.8) is 0 Å². The number of hydrogen-bond donors (Lipinski definition) is 0. The Balaban J connectivity index is 2.31. The standard InChI is InChI=1S/C13H26BrNO3S/c1-13(2,3)19(16,17)11-9-15-7-4-12(5-8-15)18-10-6-14/h12H,4-11H2,1-3H3. The summed E-state index contributed by atoms with van der Waals surface area (Å²) >= 11 is 3.35. The summed E-state index contributed by atoms with van der Waals surface area (Å²) in [6, 6.07) is 0. The zero-order valence-corrected chi connectivity index (χ0v) is 14.6. The molecule has 0 aromatic rings. The van der Waals surface area contributed by atoms with Gasteiger partial charge in [0.25, 0.3) is 0 Å². The van der Waals surface area contributed by atoms with Crippen LogP contribution >= 0.6 is 15.9 Å². The Labute approximate surface area is 125 Å². The summed E-state index contributed by atoms with van der Waals surface area (Å²) in [7, 11) is -3.00. The maximum Gasteiger partial charge on any atom is 0.156 e. The van der Waals surface area contributed by atoms with Crippen LogP contribution < -0.4 is 0 Å². The van der Waals surface area contributed by atoms with Crippen LogP contribution in [0.25, 0.3) is 0 Å². The van der Waals surface area contributed by atoms with E-state index < -0.39 is 14.6 Å². The van der Waals surface area contributed by atoms with E-state index in [1.165, 1.54) is 0 Å². The first kappa shape index (κ1) is 17.4. The first-order valence-corrected chi connectivity index (χ1v) is 9.66. The lowest BCUT2D eigenvalue weighted by molar-refractivity contribution is 0.0173. The Bertz CT molecular complexity index is 357. The largest absolute Gasteiger partial charge is 0.377 e. The molecule has 0 amide bonds. The number of nitrogens with zero attached hydrogens (tertiary/aromatic N) is 1. The van der Waals surface area contributed by atoms with Gasteiger partial charge in [-0.1, -0.05) is 15.9 Å². The molecule has 0 N–H and O–H groups in total. The van der Waals surface area contributed by atoms with Crippen LogP contribution in [0.15, 0.2) is 0 Å². The minimum atomic E-state index is -3.00. The van der Waals surface area contributed by atoms with Crippen LogP contribution in [0, 0.1) is 0 Å². The first-order valence-electron chi connectivity index (χ1n) is 6.88. The molecular formula is C13H26BrNO3S. The molecule has 1 aliphatic heterocycles. The van der Waals surface area contributed by atoms with Gasteiger partial charge in [0.15, 0.2) is 9.84 Å². The third kappa shape index (κ3) is 5.69. The van der Waals surface area contributed by atoms with Gasteiger partial charge in [-0.3, -0.25) is 0 Å². The number of hydrogen-bond acceptors (Lipinski definition) is 4. The smallest absolute Gasteiger partial charge is 0.156 e. The summed E-state index contributed by atoms with van der Waals surface area (Å²) in [5.74, 6) is 0.253. The van der Waals surface area contributed by atoms with Crippen LogP contribution in [0.5, 0.6) is 0 Å². The highest BCUT2D eigenvalue weighted by Crippen LogP contribution is 2.18. The van der Waals surface area contributed by atoms with E-state index in [9.17, 15) is 8.42 Å². The van der Waals surface area contributed by atoms with Crippen molar-refractivity contribution in [3.05, 3.63) is 0 Å². The van der Waals surface area contributed by atoms with Gasteiger partial charge in [0, 0.05) is 25.0 Å². The third-order valence-corrected chi connectivity index (χ3v) is 6.48. The molecule has 114 valence electrons. The molecular weight excluding hydrogens is 330 g/mol. The molecule has 6 heteroatoms. The lowest BCUT2D eigenvalue weighted by Crippen LogP contribution is -2.41. The summed E-state index contributed by atoms with van der Waals surface area (Å²) in [5, 5.41) is 0.872. The molecule has 0 spiro atoms. The normalized spacial score (nSPS) is 19.8. The van der Waals surface area contributed by atoms with E-state index in [1.807, 2.05) is 0 Å². The summed E-state index contributed by atoms with van der Waals surface area (Å²) in [5.41, 5.74) is 0. The van der Waals surface area contributed by atoms with E-state index >= 15 is 0 Å². The minimum absolute atomic E-state index is 0.253. The molecule has 0 atom stereocenters. The first-order chi connectivity index (χ1) is 8.76. The van der Waals surface area contributed by atoms with Gasteiger partial charge in [0.1, 0.15) is 0 Å². The van der Waals surface area contributed by atoms with Gasteiger partial charge in [0.05, 0.1) is 23.2 Å². The Morgan fingerprint density at radius 2 is 1.84 bits per heavy atom. The van der Waals surface area contributed by atoms with Crippen molar-refractivity contribution < 1.29 is 13.2 Å². The highest BCUT2D eigenvalue weighted by molar-refractivity contribution is 9.09. The second-order valence-corrected chi connectivity index (χ2v) is 9.69. The molecule has 0 aliphatic carbocycles. The van der Waals surface area contributed by atoms with Crippen LogP contribution in [0.4, 0.5) is 0 Å². The van der Waals surface area contributed by atoms with Crippen molar-refractivity contribution in [2.75, 3.05) is 37.3 Å². The van der Waals surface area contributed by atoms with Crippen LogP contribution in [-0.4, -0.2) is 61.5 Å². The average Bonchev–Trinajstić information content (AvgIpc) is 2.34. The molecule has 0 unspecified atom stereocenters. The van der Waals surface area contributed by atoms with Crippen molar-refractivity contribution in [1.82, 2.24) is 4.90 Å². The molecule has 1 rings (SSSR count). The molecule has 1 heterocycles.